The fourth-order valence-electron chi connectivity index (χ4n) is 3.89. The van der Waals surface area contributed by atoms with E-state index in [9.17, 15) is 0 Å². The maximum atomic E-state index is 6.11. The normalized spacial score (nSPS) is 13.6. The van der Waals surface area contributed by atoms with Crippen LogP contribution in [-0.4, -0.2) is 38.9 Å². The minimum absolute atomic E-state index is 0.627. The predicted octanol–water partition coefficient (Wildman–Crippen LogP) is 5.16. The fraction of sp³-hybridized carbons (Fsp3) is 0.308. The topological polar surface area (TPSA) is 40.2 Å². The van der Waals surface area contributed by atoms with Gasteiger partial charge in [-0.3, -0.25) is 4.90 Å². The van der Waals surface area contributed by atoms with E-state index in [-0.39, 0.29) is 0 Å². The van der Waals surface area contributed by atoms with Crippen LogP contribution in [0.15, 0.2) is 60.7 Å². The number of hydrogen-bond acceptors (Lipinski definition) is 5. The molecule has 3 aromatic carbocycles. The van der Waals surface area contributed by atoms with Crippen LogP contribution in [0.25, 0.3) is 11.1 Å². The van der Waals surface area contributed by atoms with E-state index >= 15 is 0 Å². The van der Waals surface area contributed by atoms with Crippen LogP contribution in [0, 0.1) is 0 Å². The van der Waals surface area contributed by atoms with Crippen LogP contribution in [-0.2, 0) is 13.1 Å². The van der Waals surface area contributed by atoms with Crippen molar-refractivity contribution in [3.05, 3.63) is 71.8 Å². The zero-order chi connectivity index (χ0) is 21.6. The van der Waals surface area contributed by atoms with Crippen LogP contribution in [0.5, 0.6) is 23.0 Å². The smallest absolute Gasteiger partial charge is 0.165 e. The quantitative estimate of drug-likeness (QED) is 0.529. The molecule has 0 aromatic heterocycles. The third kappa shape index (κ3) is 4.94. The average molecular weight is 420 g/mol. The molecule has 0 saturated carbocycles. The second kappa shape index (κ2) is 9.75. The van der Waals surface area contributed by atoms with E-state index in [1.807, 2.05) is 37.3 Å². The summed E-state index contributed by atoms with van der Waals surface area (Å²) in [5.74, 6) is 3.36. The number of hydrogen-bond donors (Lipinski definition) is 0. The van der Waals surface area contributed by atoms with Gasteiger partial charge in [-0.25, -0.2) is 0 Å². The molecule has 31 heavy (non-hydrogen) atoms. The molecule has 5 heteroatoms. The number of rotatable bonds is 7. The summed E-state index contributed by atoms with van der Waals surface area (Å²) in [7, 11) is 3.37. The zero-order valence-corrected chi connectivity index (χ0v) is 18.4. The molecule has 0 N–H and O–H groups in total. The summed E-state index contributed by atoms with van der Waals surface area (Å²) in [5.41, 5.74) is 4.60. The Morgan fingerprint density at radius 2 is 1.61 bits per heavy atom. The number of fused-ring (bicyclic) bond motifs is 1. The molecule has 0 aliphatic carbocycles. The molecular weight excluding hydrogens is 390 g/mol. The Bertz CT molecular complexity index is 999. The largest absolute Gasteiger partial charge is 0.497 e. The lowest BCUT2D eigenvalue weighted by Gasteiger charge is -2.20. The first-order valence-corrected chi connectivity index (χ1v) is 10.6. The molecule has 0 bridgehead atoms. The molecule has 0 radical (unpaired) electrons. The predicted molar refractivity (Wildman–Crippen MR) is 122 cm³/mol. The van der Waals surface area contributed by atoms with Gasteiger partial charge in [-0.2, -0.15) is 0 Å². The summed E-state index contributed by atoms with van der Waals surface area (Å²) < 4.78 is 22.6. The van der Waals surface area contributed by atoms with E-state index < -0.39 is 0 Å². The highest BCUT2D eigenvalue weighted by Crippen LogP contribution is 2.38. The first-order valence-electron chi connectivity index (χ1n) is 10.6. The molecule has 0 atom stereocenters. The SMILES string of the molecule is CCOc1ccc(CN2CCOc3c(cc(-c4ccc(OC)cc4)cc3OC)C2)cc1. The van der Waals surface area contributed by atoms with Gasteiger partial charge in [0, 0.05) is 25.2 Å². The summed E-state index contributed by atoms with van der Waals surface area (Å²) in [6.07, 6.45) is 0. The second-order valence-corrected chi connectivity index (χ2v) is 7.53. The molecule has 0 amide bonds. The summed E-state index contributed by atoms with van der Waals surface area (Å²) in [4.78, 5) is 2.40. The van der Waals surface area contributed by atoms with Crippen molar-refractivity contribution in [3.8, 4) is 34.1 Å². The molecule has 0 spiro atoms. The lowest BCUT2D eigenvalue weighted by Crippen LogP contribution is -2.25. The molecule has 1 heterocycles. The van der Waals surface area contributed by atoms with E-state index in [1.54, 1.807) is 14.2 Å². The van der Waals surface area contributed by atoms with Crippen LogP contribution >= 0.6 is 0 Å². The molecule has 1 aliphatic rings. The van der Waals surface area contributed by atoms with Gasteiger partial charge in [-0.05, 0) is 60.0 Å². The van der Waals surface area contributed by atoms with Crippen LogP contribution in [0.4, 0.5) is 0 Å². The van der Waals surface area contributed by atoms with Gasteiger partial charge in [0.15, 0.2) is 11.5 Å². The van der Waals surface area contributed by atoms with Crippen molar-refractivity contribution in [1.82, 2.24) is 4.90 Å². The highest BCUT2D eigenvalue weighted by molar-refractivity contribution is 5.70. The highest BCUT2D eigenvalue weighted by atomic mass is 16.5. The van der Waals surface area contributed by atoms with Crippen LogP contribution in [0.1, 0.15) is 18.1 Å². The minimum Gasteiger partial charge on any atom is -0.497 e. The van der Waals surface area contributed by atoms with Gasteiger partial charge in [0.25, 0.3) is 0 Å². The molecule has 3 aromatic rings. The molecule has 0 fully saturated rings. The maximum absolute atomic E-state index is 6.11. The Morgan fingerprint density at radius 1 is 0.871 bits per heavy atom. The van der Waals surface area contributed by atoms with Crippen molar-refractivity contribution in [1.29, 1.82) is 0 Å². The van der Waals surface area contributed by atoms with Gasteiger partial charge in [0.05, 0.1) is 20.8 Å². The minimum atomic E-state index is 0.627. The number of benzene rings is 3. The summed E-state index contributed by atoms with van der Waals surface area (Å²) in [6.45, 7) is 5.80. The molecule has 5 nitrogen and oxygen atoms in total. The second-order valence-electron chi connectivity index (χ2n) is 7.53. The van der Waals surface area contributed by atoms with Crippen molar-refractivity contribution in [2.75, 3.05) is 34.0 Å². The van der Waals surface area contributed by atoms with Gasteiger partial charge >= 0.3 is 0 Å². The standard InChI is InChI=1S/C26H29NO4/c1-4-30-24-9-5-19(6-10-24)17-27-13-14-31-26-22(18-27)15-21(16-25(26)29-3)20-7-11-23(28-2)12-8-20/h5-12,15-16H,4,13-14,17-18H2,1-3H3. The molecule has 4 rings (SSSR count). The van der Waals surface area contributed by atoms with Gasteiger partial charge < -0.3 is 18.9 Å². The summed E-state index contributed by atoms with van der Waals surface area (Å²) in [5, 5.41) is 0. The Kier molecular flexibility index (Phi) is 6.63. The van der Waals surface area contributed by atoms with Crippen molar-refractivity contribution in [2.24, 2.45) is 0 Å². The summed E-state index contributed by atoms with van der Waals surface area (Å²) in [6, 6.07) is 20.7. The average Bonchev–Trinajstić information content (AvgIpc) is 3.01. The van der Waals surface area contributed by atoms with Crippen LogP contribution in [0.3, 0.4) is 0 Å². The fourth-order valence-corrected chi connectivity index (χ4v) is 3.89. The third-order valence-electron chi connectivity index (χ3n) is 5.46. The summed E-state index contributed by atoms with van der Waals surface area (Å²) >= 11 is 0. The van der Waals surface area contributed by atoms with E-state index in [0.717, 1.165) is 59.3 Å². The van der Waals surface area contributed by atoms with Crippen molar-refractivity contribution < 1.29 is 18.9 Å². The Balaban J connectivity index is 1.58. The van der Waals surface area contributed by atoms with Gasteiger partial charge in [-0.15, -0.1) is 0 Å². The van der Waals surface area contributed by atoms with Gasteiger partial charge in [-0.1, -0.05) is 24.3 Å². The van der Waals surface area contributed by atoms with Gasteiger partial charge in [0.1, 0.15) is 18.1 Å². The first-order chi connectivity index (χ1) is 15.2. The lowest BCUT2D eigenvalue weighted by atomic mass is 10.0. The van der Waals surface area contributed by atoms with Crippen LogP contribution in [0.2, 0.25) is 0 Å². The van der Waals surface area contributed by atoms with E-state index in [2.05, 4.69) is 35.2 Å². The van der Waals surface area contributed by atoms with E-state index in [0.29, 0.717) is 13.2 Å². The lowest BCUT2D eigenvalue weighted by molar-refractivity contribution is 0.217. The molecule has 0 unspecified atom stereocenters. The molecular formula is C26H29NO4. The highest BCUT2D eigenvalue weighted by Gasteiger charge is 2.21. The maximum Gasteiger partial charge on any atom is 0.165 e. The Labute approximate surface area is 184 Å². The van der Waals surface area contributed by atoms with Crippen molar-refractivity contribution in [2.45, 2.75) is 20.0 Å². The molecule has 1 aliphatic heterocycles. The van der Waals surface area contributed by atoms with Crippen molar-refractivity contribution in [3.63, 3.8) is 0 Å². The zero-order valence-electron chi connectivity index (χ0n) is 18.4. The number of ether oxygens (including phenoxy) is 4. The third-order valence-corrected chi connectivity index (χ3v) is 5.46. The Hall–Kier alpha value is -3.18. The van der Waals surface area contributed by atoms with E-state index in [4.69, 9.17) is 18.9 Å². The molecule has 0 saturated heterocycles. The van der Waals surface area contributed by atoms with E-state index in [1.165, 1.54) is 5.56 Å². The van der Waals surface area contributed by atoms with Crippen molar-refractivity contribution >= 4 is 0 Å². The van der Waals surface area contributed by atoms with Crippen LogP contribution < -0.4 is 18.9 Å². The number of methoxy groups -OCH3 is 2. The molecule has 162 valence electrons. The Morgan fingerprint density at radius 3 is 2.29 bits per heavy atom. The van der Waals surface area contributed by atoms with Gasteiger partial charge in [0.2, 0.25) is 0 Å². The number of nitrogens with zero attached hydrogens (tertiary/aromatic N) is 1. The first kappa shape index (κ1) is 21.1. The monoisotopic (exact) mass is 419 g/mol.